The van der Waals surface area contributed by atoms with Crippen molar-refractivity contribution in [1.29, 1.82) is 0 Å². The van der Waals surface area contributed by atoms with Crippen LogP contribution in [0.25, 0.3) is 44.6 Å². The molecule has 204 valence electrons. The summed E-state index contributed by atoms with van der Waals surface area (Å²) in [5, 5.41) is 0.286. The SMILES string of the molecule is COc1ccc2c(c1)cc(-c1c[nH]c3ncc(-c4ccc(S(=O)(=O)C(C)C)cc4)nc13)n2C(=O)OC(C)(C)C.[HH]. The first-order valence-corrected chi connectivity index (χ1v) is 14.1. The number of H-pyrrole nitrogens is 1. The standard InChI is InChI=1S/C29H30N4O5S.H2/c1-17(2)39(35,36)21-10-7-18(8-11-21)23-16-31-27-26(32-23)22(15-30-27)25-14-19-13-20(37-6)9-12-24(19)33(25)28(34)38-29(3,4)5;/h7-17H,1-6H3,(H,30,31);1H. The second-order valence-corrected chi connectivity index (χ2v) is 13.0. The van der Waals surface area contributed by atoms with Gasteiger partial charge in [0.1, 0.15) is 16.9 Å². The maximum Gasteiger partial charge on any atom is 0.419 e. The lowest BCUT2D eigenvalue weighted by molar-refractivity contribution is 0.0547. The molecular formula is C29H32N4O5S. The van der Waals surface area contributed by atoms with Crippen LogP contribution in [0, 0.1) is 0 Å². The minimum Gasteiger partial charge on any atom is -0.497 e. The second kappa shape index (κ2) is 9.53. The third-order valence-electron chi connectivity index (χ3n) is 6.34. The van der Waals surface area contributed by atoms with E-state index in [-0.39, 0.29) is 6.32 Å². The molecule has 0 saturated heterocycles. The highest BCUT2D eigenvalue weighted by Crippen LogP contribution is 2.35. The van der Waals surface area contributed by atoms with Gasteiger partial charge in [-0.25, -0.2) is 27.7 Å². The fraction of sp³-hybridized carbons (Fsp3) is 0.276. The number of carbonyl (C=O) groups is 1. The van der Waals surface area contributed by atoms with Crippen molar-refractivity contribution in [1.82, 2.24) is 19.5 Å². The van der Waals surface area contributed by atoms with E-state index in [4.69, 9.17) is 14.5 Å². The number of nitrogens with one attached hydrogen (secondary N) is 1. The van der Waals surface area contributed by atoms with Gasteiger partial charge in [-0.1, -0.05) is 12.1 Å². The van der Waals surface area contributed by atoms with Crippen LogP contribution in [-0.2, 0) is 14.6 Å². The van der Waals surface area contributed by atoms with Crippen molar-refractivity contribution in [2.75, 3.05) is 7.11 Å². The second-order valence-electron chi connectivity index (χ2n) is 10.5. The number of benzene rings is 2. The van der Waals surface area contributed by atoms with Gasteiger partial charge in [-0.2, -0.15) is 0 Å². The molecular weight excluding hydrogens is 516 g/mol. The number of ether oxygens (including phenoxy) is 2. The number of sulfone groups is 1. The quantitative estimate of drug-likeness (QED) is 0.268. The van der Waals surface area contributed by atoms with Crippen LogP contribution in [-0.4, -0.2) is 52.0 Å². The molecule has 0 amide bonds. The van der Waals surface area contributed by atoms with Crippen LogP contribution in [0.5, 0.6) is 5.75 Å². The van der Waals surface area contributed by atoms with Gasteiger partial charge in [0.2, 0.25) is 0 Å². The largest absolute Gasteiger partial charge is 0.497 e. The lowest BCUT2D eigenvalue weighted by atomic mass is 10.1. The van der Waals surface area contributed by atoms with E-state index in [2.05, 4.69) is 9.97 Å². The van der Waals surface area contributed by atoms with E-state index in [9.17, 15) is 13.2 Å². The normalized spacial score (nSPS) is 12.4. The van der Waals surface area contributed by atoms with Crippen molar-refractivity contribution in [2.24, 2.45) is 0 Å². The molecule has 2 aromatic carbocycles. The molecule has 0 aliphatic carbocycles. The number of rotatable bonds is 5. The Balaban J connectivity index is 0.00000370. The Bertz CT molecular complexity index is 1820. The molecule has 0 aliphatic heterocycles. The Morgan fingerprint density at radius 3 is 2.44 bits per heavy atom. The fourth-order valence-corrected chi connectivity index (χ4v) is 5.40. The molecule has 0 bridgehead atoms. The molecule has 0 spiro atoms. The van der Waals surface area contributed by atoms with Gasteiger partial charge in [-0.15, -0.1) is 0 Å². The average Bonchev–Trinajstić information content (AvgIpc) is 3.48. The van der Waals surface area contributed by atoms with Gasteiger partial charge >= 0.3 is 6.09 Å². The molecule has 0 unspecified atom stereocenters. The molecule has 0 saturated carbocycles. The summed E-state index contributed by atoms with van der Waals surface area (Å²) in [5.74, 6) is 0.666. The summed E-state index contributed by atoms with van der Waals surface area (Å²) >= 11 is 0. The summed E-state index contributed by atoms with van der Waals surface area (Å²) in [5.41, 5.74) is 3.62. The first-order valence-electron chi connectivity index (χ1n) is 12.5. The smallest absolute Gasteiger partial charge is 0.419 e. The summed E-state index contributed by atoms with van der Waals surface area (Å²) in [6.45, 7) is 8.77. The van der Waals surface area contributed by atoms with Gasteiger partial charge in [0, 0.05) is 24.1 Å². The van der Waals surface area contributed by atoms with Crippen molar-refractivity contribution in [2.45, 2.75) is 50.4 Å². The lowest BCUT2D eigenvalue weighted by Gasteiger charge is -2.21. The van der Waals surface area contributed by atoms with E-state index >= 15 is 0 Å². The zero-order valence-corrected chi connectivity index (χ0v) is 23.5. The van der Waals surface area contributed by atoms with Crippen molar-refractivity contribution in [3.05, 3.63) is 60.9 Å². The number of aromatic nitrogens is 4. The van der Waals surface area contributed by atoms with Gasteiger partial charge in [-0.3, -0.25) is 0 Å². The predicted octanol–water partition coefficient (Wildman–Crippen LogP) is 6.47. The van der Waals surface area contributed by atoms with Gasteiger partial charge in [0.05, 0.1) is 40.4 Å². The average molecular weight is 549 g/mol. The molecule has 39 heavy (non-hydrogen) atoms. The third-order valence-corrected chi connectivity index (χ3v) is 8.51. The van der Waals surface area contributed by atoms with E-state index < -0.39 is 26.8 Å². The lowest BCUT2D eigenvalue weighted by Crippen LogP contribution is -2.27. The molecule has 0 fully saturated rings. The molecule has 3 heterocycles. The molecule has 9 nitrogen and oxygen atoms in total. The van der Waals surface area contributed by atoms with Crippen molar-refractivity contribution in [3.63, 3.8) is 0 Å². The molecule has 0 aliphatic rings. The predicted molar refractivity (Wildman–Crippen MR) is 153 cm³/mol. The highest BCUT2D eigenvalue weighted by molar-refractivity contribution is 7.92. The van der Waals surface area contributed by atoms with Gasteiger partial charge < -0.3 is 14.5 Å². The van der Waals surface area contributed by atoms with Crippen LogP contribution in [0.4, 0.5) is 4.79 Å². The number of nitrogens with zero attached hydrogens (tertiary/aromatic N) is 3. The number of aromatic amines is 1. The minimum absolute atomic E-state index is 0. The number of hydrogen-bond donors (Lipinski definition) is 1. The number of carbonyl (C=O) groups excluding carboxylic acids is 1. The molecule has 10 heteroatoms. The molecule has 5 rings (SSSR count). The summed E-state index contributed by atoms with van der Waals surface area (Å²) in [6, 6.07) is 14.0. The Hall–Kier alpha value is -4.18. The van der Waals surface area contributed by atoms with Crippen molar-refractivity contribution in [3.8, 4) is 28.3 Å². The van der Waals surface area contributed by atoms with E-state index in [1.54, 1.807) is 63.7 Å². The first kappa shape index (κ1) is 26.4. The maximum atomic E-state index is 13.4. The Morgan fingerprint density at radius 2 is 1.79 bits per heavy atom. The van der Waals surface area contributed by atoms with Gasteiger partial charge in [0.25, 0.3) is 0 Å². The van der Waals surface area contributed by atoms with E-state index in [1.807, 2.05) is 39.0 Å². The van der Waals surface area contributed by atoms with E-state index in [0.717, 1.165) is 10.9 Å². The molecule has 0 radical (unpaired) electrons. The van der Waals surface area contributed by atoms with Crippen LogP contribution < -0.4 is 4.74 Å². The van der Waals surface area contributed by atoms with Crippen LogP contribution in [0.2, 0.25) is 0 Å². The topological polar surface area (TPSA) is 116 Å². The van der Waals surface area contributed by atoms with Crippen molar-refractivity contribution < 1.29 is 24.1 Å². The highest BCUT2D eigenvalue weighted by Gasteiger charge is 2.25. The highest BCUT2D eigenvalue weighted by atomic mass is 32.2. The summed E-state index contributed by atoms with van der Waals surface area (Å²) in [6.07, 6.45) is 2.88. The van der Waals surface area contributed by atoms with Crippen LogP contribution >= 0.6 is 0 Å². The van der Waals surface area contributed by atoms with Crippen molar-refractivity contribution >= 4 is 38.0 Å². The molecule has 5 aromatic rings. The molecule has 0 atom stereocenters. The fourth-order valence-electron chi connectivity index (χ4n) is 4.34. The van der Waals surface area contributed by atoms with Gasteiger partial charge in [0.15, 0.2) is 15.5 Å². The zero-order valence-electron chi connectivity index (χ0n) is 22.6. The summed E-state index contributed by atoms with van der Waals surface area (Å²) in [7, 11) is -1.79. The minimum atomic E-state index is -3.38. The Kier molecular flexibility index (Phi) is 6.46. The zero-order chi connectivity index (χ0) is 28.1. The van der Waals surface area contributed by atoms with Gasteiger partial charge in [-0.05, 0) is 71.0 Å². The number of hydrogen-bond acceptors (Lipinski definition) is 7. The maximum absolute atomic E-state index is 13.4. The van der Waals surface area contributed by atoms with Crippen LogP contribution in [0.15, 0.2) is 65.8 Å². The summed E-state index contributed by atoms with van der Waals surface area (Å²) < 4.78 is 37.7. The Morgan fingerprint density at radius 1 is 1.08 bits per heavy atom. The summed E-state index contributed by atoms with van der Waals surface area (Å²) in [4.78, 5) is 26.2. The van der Waals surface area contributed by atoms with Crippen LogP contribution in [0.1, 0.15) is 36.0 Å². The number of methoxy groups -OCH3 is 1. The van der Waals surface area contributed by atoms with Crippen LogP contribution in [0.3, 0.4) is 0 Å². The Labute approximate surface area is 228 Å². The monoisotopic (exact) mass is 548 g/mol. The third kappa shape index (κ3) is 4.87. The molecule has 1 N–H and O–H groups in total. The number of fused-ring (bicyclic) bond motifs is 2. The van der Waals surface area contributed by atoms with E-state index in [1.165, 1.54) is 4.57 Å². The molecule has 3 aromatic heterocycles. The van der Waals surface area contributed by atoms with E-state index in [0.29, 0.717) is 39.4 Å². The first-order chi connectivity index (χ1) is 18.4.